The summed E-state index contributed by atoms with van der Waals surface area (Å²) in [5.41, 5.74) is 3.51. The predicted octanol–water partition coefficient (Wildman–Crippen LogP) is 8.20. The molecule has 0 aliphatic heterocycles. The van der Waals surface area contributed by atoms with E-state index in [-0.39, 0.29) is 0 Å². The number of hydrogen-bond donors (Lipinski definition) is 0. The molecule has 0 heterocycles. The van der Waals surface area contributed by atoms with Gasteiger partial charge < -0.3 is 12.3 Å². The molecule has 0 aromatic heterocycles. The smallest absolute Gasteiger partial charge is 0.312 e. The lowest BCUT2D eigenvalue weighted by molar-refractivity contribution is 0.329. The van der Waals surface area contributed by atoms with E-state index in [4.69, 9.17) is 12.3 Å². The second-order valence-corrected chi connectivity index (χ2v) is 28.3. The van der Waals surface area contributed by atoms with Crippen LogP contribution in [0.2, 0.25) is 52.4 Å². The van der Waals surface area contributed by atoms with Gasteiger partial charge in [0.2, 0.25) is 16.6 Å². The van der Waals surface area contributed by atoms with E-state index in [9.17, 15) is 0 Å². The van der Waals surface area contributed by atoms with Gasteiger partial charge in [-0.3, -0.25) is 0 Å². The lowest BCUT2D eigenvalue weighted by atomic mass is 9.96. The molecule has 2 saturated carbocycles. The highest BCUT2D eigenvalue weighted by Gasteiger charge is 2.52. The number of fused-ring (bicyclic) bond motifs is 4. The molecule has 0 aromatic carbocycles. The Balaban J connectivity index is 1.48. The van der Waals surface area contributed by atoms with Crippen LogP contribution in [0.15, 0.2) is 21.5 Å². The Morgan fingerprint density at radius 3 is 1.21 bits per heavy atom. The lowest BCUT2D eigenvalue weighted by Crippen LogP contribution is -2.57. The van der Waals surface area contributed by atoms with Gasteiger partial charge >= 0.3 is 17.1 Å². The summed E-state index contributed by atoms with van der Waals surface area (Å²) < 4.78 is 21.2. The van der Waals surface area contributed by atoms with E-state index in [2.05, 4.69) is 66.2 Å². The summed E-state index contributed by atoms with van der Waals surface area (Å²) >= 11 is 0. The van der Waals surface area contributed by atoms with Crippen molar-refractivity contribution >= 4 is 33.8 Å². The van der Waals surface area contributed by atoms with Gasteiger partial charge in [0.05, 0.1) is 0 Å². The van der Waals surface area contributed by atoms with Gasteiger partial charge in [-0.15, -0.1) is 0 Å². The highest BCUT2D eigenvalue weighted by Crippen LogP contribution is 2.54. The molecule has 0 amide bonds. The highest BCUT2D eigenvalue weighted by atomic mass is 28.5. The first-order valence-corrected chi connectivity index (χ1v) is 25.2. The maximum atomic E-state index is 7.12. The molecule has 0 N–H and O–H groups in total. The molecular formula is C26H50O3Si4. The van der Waals surface area contributed by atoms with Crippen molar-refractivity contribution in [2.75, 3.05) is 0 Å². The molecule has 7 heteroatoms. The fourth-order valence-corrected chi connectivity index (χ4v) is 30.1. The summed E-state index contributed by atoms with van der Waals surface area (Å²) in [6.07, 6.45) is 10.8. The SMILES string of the molecule is CCC1=C([Si](C)(C)O[Si](C)(C)O[Si](C)(C)O[Si](C)(C)C2=C(CC)C3CCC2C3)C2CCC1C2. The van der Waals surface area contributed by atoms with Crippen LogP contribution >= 0.6 is 0 Å². The summed E-state index contributed by atoms with van der Waals surface area (Å²) in [4.78, 5) is 0. The average molecular weight is 523 g/mol. The number of allylic oxidation sites excluding steroid dienone is 4. The summed E-state index contributed by atoms with van der Waals surface area (Å²) in [5.74, 6) is 3.28. The zero-order valence-electron chi connectivity index (χ0n) is 23.2. The van der Waals surface area contributed by atoms with Crippen LogP contribution in [-0.2, 0) is 12.3 Å². The Kier molecular flexibility index (Phi) is 7.14. The van der Waals surface area contributed by atoms with Crippen molar-refractivity contribution in [1.82, 2.24) is 0 Å². The quantitative estimate of drug-likeness (QED) is 0.271. The third-order valence-electron chi connectivity index (χ3n) is 8.91. The second-order valence-electron chi connectivity index (χ2n) is 13.1. The molecule has 4 bridgehead atoms. The number of rotatable bonds is 10. The normalized spacial score (nSPS) is 30.4. The first-order valence-electron chi connectivity index (χ1n) is 13.8. The molecule has 33 heavy (non-hydrogen) atoms. The van der Waals surface area contributed by atoms with Crippen LogP contribution in [0.3, 0.4) is 0 Å². The Morgan fingerprint density at radius 1 is 0.545 bits per heavy atom. The van der Waals surface area contributed by atoms with Crippen LogP contribution < -0.4 is 0 Å². The summed E-state index contributed by atoms with van der Waals surface area (Å²) in [7, 11) is -8.58. The van der Waals surface area contributed by atoms with Crippen molar-refractivity contribution in [2.24, 2.45) is 23.7 Å². The summed E-state index contributed by atoms with van der Waals surface area (Å²) in [6, 6.07) is 0. The van der Waals surface area contributed by atoms with Gasteiger partial charge in [0, 0.05) is 0 Å². The molecule has 4 atom stereocenters. The van der Waals surface area contributed by atoms with Crippen LogP contribution in [0.25, 0.3) is 0 Å². The minimum atomic E-state index is -2.32. The van der Waals surface area contributed by atoms with E-state index < -0.39 is 33.8 Å². The molecular weight excluding hydrogens is 473 g/mol. The third kappa shape index (κ3) is 5.07. The third-order valence-corrected chi connectivity index (χ3v) is 24.9. The molecule has 188 valence electrons. The molecule has 4 aliphatic carbocycles. The van der Waals surface area contributed by atoms with Crippen LogP contribution in [-0.4, -0.2) is 33.8 Å². The van der Waals surface area contributed by atoms with E-state index in [0.29, 0.717) is 0 Å². The zero-order valence-corrected chi connectivity index (χ0v) is 27.2. The largest absolute Gasteiger partial charge is 0.433 e. The Bertz CT molecular complexity index is 774. The van der Waals surface area contributed by atoms with Gasteiger partial charge in [0.25, 0.3) is 0 Å². The van der Waals surface area contributed by atoms with Crippen molar-refractivity contribution in [1.29, 1.82) is 0 Å². The van der Waals surface area contributed by atoms with Gasteiger partial charge in [-0.25, -0.2) is 0 Å². The van der Waals surface area contributed by atoms with E-state index in [0.717, 1.165) is 23.7 Å². The molecule has 2 fully saturated rings. The van der Waals surface area contributed by atoms with Crippen LogP contribution in [0.5, 0.6) is 0 Å². The van der Waals surface area contributed by atoms with E-state index in [1.807, 2.05) is 0 Å². The summed E-state index contributed by atoms with van der Waals surface area (Å²) in [5, 5.41) is 3.50. The van der Waals surface area contributed by atoms with Gasteiger partial charge in [-0.1, -0.05) is 35.4 Å². The molecule has 0 aromatic rings. The molecule has 0 radical (unpaired) electrons. The molecule has 0 spiro atoms. The van der Waals surface area contributed by atoms with Crippen LogP contribution in [0, 0.1) is 23.7 Å². The summed E-state index contributed by atoms with van der Waals surface area (Å²) in [6.45, 7) is 23.6. The van der Waals surface area contributed by atoms with Crippen molar-refractivity contribution < 1.29 is 12.3 Å². The van der Waals surface area contributed by atoms with Crippen molar-refractivity contribution in [3.8, 4) is 0 Å². The average Bonchev–Trinajstić information content (AvgIpc) is 3.43. The predicted molar refractivity (Wildman–Crippen MR) is 149 cm³/mol. The van der Waals surface area contributed by atoms with Gasteiger partial charge in [-0.05, 0) is 127 Å². The minimum absolute atomic E-state index is 0.793. The fraction of sp³-hybridized carbons (Fsp3) is 0.846. The molecule has 4 unspecified atom stereocenters. The van der Waals surface area contributed by atoms with Crippen LogP contribution in [0.4, 0.5) is 0 Å². The van der Waals surface area contributed by atoms with Gasteiger partial charge in [0.1, 0.15) is 0 Å². The Labute approximate surface area is 208 Å². The first-order chi connectivity index (χ1) is 15.2. The maximum Gasteiger partial charge on any atom is 0.312 e. The zero-order chi connectivity index (χ0) is 24.4. The van der Waals surface area contributed by atoms with Gasteiger partial charge in [0.15, 0.2) is 0 Å². The van der Waals surface area contributed by atoms with E-state index in [1.165, 1.54) is 51.4 Å². The Morgan fingerprint density at radius 2 is 0.879 bits per heavy atom. The molecule has 3 nitrogen and oxygen atoms in total. The van der Waals surface area contributed by atoms with Crippen molar-refractivity contribution in [2.45, 2.75) is 118 Å². The van der Waals surface area contributed by atoms with E-state index >= 15 is 0 Å². The van der Waals surface area contributed by atoms with E-state index in [1.54, 1.807) is 21.5 Å². The first kappa shape index (κ1) is 26.3. The standard InChI is InChI=1S/C26H50O3Si4/c1-11-23-19-13-15-21(17-19)25(23)30(3,4)27-32(7,8)29-33(9,10)28-31(5,6)26-22-16-14-20(18-22)24(26)12-2/h19-22H,11-18H2,1-10H3. The monoisotopic (exact) mass is 522 g/mol. The molecule has 4 aliphatic rings. The highest BCUT2D eigenvalue weighted by molar-refractivity contribution is 6.92. The van der Waals surface area contributed by atoms with Crippen molar-refractivity contribution in [3.05, 3.63) is 21.5 Å². The topological polar surface area (TPSA) is 27.7 Å². The van der Waals surface area contributed by atoms with Crippen LogP contribution in [0.1, 0.15) is 65.2 Å². The molecule has 4 rings (SSSR count). The number of hydrogen-bond acceptors (Lipinski definition) is 3. The lowest BCUT2D eigenvalue weighted by Gasteiger charge is -2.43. The Hall–Kier alpha value is 0.228. The molecule has 0 saturated heterocycles. The fourth-order valence-electron chi connectivity index (χ4n) is 8.77. The van der Waals surface area contributed by atoms with Crippen molar-refractivity contribution in [3.63, 3.8) is 0 Å². The second kappa shape index (κ2) is 8.96. The van der Waals surface area contributed by atoms with Gasteiger partial charge in [-0.2, -0.15) is 0 Å². The maximum absolute atomic E-state index is 7.12. The minimum Gasteiger partial charge on any atom is -0.433 e.